The molecule has 9 heteroatoms. The number of halogens is 1. The fourth-order valence-electron chi connectivity index (χ4n) is 2.32. The van der Waals surface area contributed by atoms with Gasteiger partial charge in [-0.2, -0.15) is 4.98 Å². The van der Waals surface area contributed by atoms with Crippen LogP contribution in [0.4, 0.5) is 17.3 Å². The Kier molecular flexibility index (Phi) is 3.01. The van der Waals surface area contributed by atoms with Gasteiger partial charge in [-0.25, -0.2) is 9.50 Å². The number of hydrogen-bond acceptors (Lipinski definition) is 5. The Balaban J connectivity index is 1.68. The van der Waals surface area contributed by atoms with E-state index in [1.54, 1.807) is 16.6 Å². The fourth-order valence-corrected chi connectivity index (χ4v) is 2.66. The van der Waals surface area contributed by atoms with Crippen molar-refractivity contribution in [2.24, 2.45) is 0 Å². The molecule has 0 amide bonds. The fraction of sp³-hybridized carbons (Fsp3) is 0. The normalized spacial score (nSPS) is 11.2. The summed E-state index contributed by atoms with van der Waals surface area (Å²) >= 11 is 3.41. The highest BCUT2D eigenvalue weighted by Gasteiger charge is 2.10. The second-order valence-corrected chi connectivity index (χ2v) is 5.80. The van der Waals surface area contributed by atoms with Gasteiger partial charge < -0.3 is 5.32 Å². The van der Waals surface area contributed by atoms with Crippen molar-refractivity contribution in [1.82, 2.24) is 19.6 Å². The average Bonchev–Trinajstić information content (AvgIpc) is 3.04. The van der Waals surface area contributed by atoms with Crippen molar-refractivity contribution in [1.29, 1.82) is 0 Å². The first kappa shape index (κ1) is 13.7. The van der Waals surface area contributed by atoms with Crippen LogP contribution in [0, 0.1) is 10.1 Å². The number of nitro groups is 1. The molecule has 23 heavy (non-hydrogen) atoms. The summed E-state index contributed by atoms with van der Waals surface area (Å²) in [5.41, 5.74) is 2.48. The quantitative estimate of drug-likeness (QED) is 0.422. The Morgan fingerprint density at radius 1 is 1.17 bits per heavy atom. The molecule has 4 aromatic rings. The van der Waals surface area contributed by atoms with Crippen LogP contribution in [-0.4, -0.2) is 24.5 Å². The zero-order chi connectivity index (χ0) is 16.0. The highest BCUT2D eigenvalue weighted by Crippen LogP contribution is 2.22. The molecule has 2 aromatic carbocycles. The molecule has 0 fully saturated rings. The first-order valence-corrected chi connectivity index (χ1v) is 7.45. The second kappa shape index (κ2) is 5.06. The molecule has 114 valence electrons. The molecule has 2 aromatic heterocycles. The predicted molar refractivity (Wildman–Crippen MR) is 88.9 cm³/mol. The van der Waals surface area contributed by atoms with Crippen molar-refractivity contribution in [2.45, 2.75) is 0 Å². The van der Waals surface area contributed by atoms with Gasteiger partial charge in [-0.05, 0) is 30.3 Å². The van der Waals surface area contributed by atoms with E-state index in [-0.39, 0.29) is 5.69 Å². The lowest BCUT2D eigenvalue weighted by molar-refractivity contribution is -0.384. The molecule has 0 aliphatic carbocycles. The third kappa shape index (κ3) is 2.40. The van der Waals surface area contributed by atoms with E-state index in [9.17, 15) is 10.1 Å². The number of nitrogens with zero attached hydrogens (tertiary/aromatic N) is 4. The lowest BCUT2D eigenvalue weighted by atomic mass is 10.3. The average molecular weight is 373 g/mol. The number of non-ortho nitro benzene ring substituents is 1. The second-order valence-electron chi connectivity index (χ2n) is 4.88. The SMILES string of the molecule is O=[N+]([O-])c1ccc(Nc2nc3nc4cc(Br)ccc4n3[nH]2)cc1. The number of nitrogens with one attached hydrogen (secondary N) is 2. The van der Waals surface area contributed by atoms with Gasteiger partial charge in [0.2, 0.25) is 5.95 Å². The maximum Gasteiger partial charge on any atom is 0.269 e. The minimum atomic E-state index is -0.436. The smallest absolute Gasteiger partial charge is 0.269 e. The van der Waals surface area contributed by atoms with E-state index in [1.807, 2.05) is 18.2 Å². The third-order valence-electron chi connectivity index (χ3n) is 3.37. The van der Waals surface area contributed by atoms with E-state index in [1.165, 1.54) is 12.1 Å². The van der Waals surface area contributed by atoms with Crippen molar-refractivity contribution in [3.63, 3.8) is 0 Å². The highest BCUT2D eigenvalue weighted by atomic mass is 79.9. The number of rotatable bonds is 3. The van der Waals surface area contributed by atoms with Gasteiger partial charge in [-0.15, -0.1) is 0 Å². The molecule has 2 N–H and O–H groups in total. The van der Waals surface area contributed by atoms with E-state index >= 15 is 0 Å². The molecule has 4 rings (SSSR count). The molecule has 0 aliphatic rings. The maximum atomic E-state index is 10.7. The standard InChI is InChI=1S/C14H9BrN6O2/c15-8-1-6-12-11(7-8)17-14-18-13(19-20(12)14)16-9-2-4-10(5-3-9)21(22)23/h1-7H,(H2,16,17,18,19). The molecule has 0 aliphatic heterocycles. The number of imidazole rings is 1. The first-order chi connectivity index (χ1) is 11.1. The van der Waals surface area contributed by atoms with Crippen molar-refractivity contribution in [2.75, 3.05) is 5.32 Å². The Hall–Kier alpha value is -2.94. The summed E-state index contributed by atoms with van der Waals surface area (Å²) < 4.78 is 2.73. The van der Waals surface area contributed by atoms with Crippen LogP contribution in [0.2, 0.25) is 0 Å². The summed E-state index contributed by atoms with van der Waals surface area (Å²) in [6.07, 6.45) is 0. The number of anilines is 2. The Morgan fingerprint density at radius 3 is 2.70 bits per heavy atom. The lowest BCUT2D eigenvalue weighted by Gasteiger charge is -2.01. The van der Waals surface area contributed by atoms with Crippen molar-refractivity contribution in [3.8, 4) is 0 Å². The van der Waals surface area contributed by atoms with Gasteiger partial charge in [0.1, 0.15) is 0 Å². The van der Waals surface area contributed by atoms with Crippen LogP contribution in [0.1, 0.15) is 0 Å². The third-order valence-corrected chi connectivity index (χ3v) is 3.86. The van der Waals surface area contributed by atoms with Crippen molar-refractivity contribution >= 4 is 50.1 Å². The molecule has 0 bridgehead atoms. The van der Waals surface area contributed by atoms with Crippen LogP contribution in [0.15, 0.2) is 46.9 Å². The molecule has 0 unspecified atom stereocenters. The number of benzene rings is 2. The Labute approximate surface area is 137 Å². The molecule has 0 atom stereocenters. The minimum absolute atomic E-state index is 0.0429. The van der Waals surface area contributed by atoms with Gasteiger partial charge in [-0.3, -0.25) is 15.2 Å². The van der Waals surface area contributed by atoms with E-state index in [0.29, 0.717) is 17.4 Å². The molecule has 0 saturated heterocycles. The Morgan fingerprint density at radius 2 is 1.96 bits per heavy atom. The topological polar surface area (TPSA) is 101 Å². The van der Waals surface area contributed by atoms with E-state index < -0.39 is 4.92 Å². The number of aromatic nitrogens is 4. The van der Waals surface area contributed by atoms with E-state index in [0.717, 1.165) is 15.5 Å². The van der Waals surface area contributed by atoms with Crippen LogP contribution in [0.5, 0.6) is 0 Å². The number of H-pyrrole nitrogens is 1. The highest BCUT2D eigenvalue weighted by molar-refractivity contribution is 9.10. The minimum Gasteiger partial charge on any atom is -0.325 e. The number of aromatic amines is 1. The van der Waals surface area contributed by atoms with Crippen LogP contribution < -0.4 is 5.32 Å². The summed E-state index contributed by atoms with van der Waals surface area (Å²) in [4.78, 5) is 19.0. The lowest BCUT2D eigenvalue weighted by Crippen LogP contribution is -1.94. The zero-order valence-corrected chi connectivity index (χ0v) is 13.1. The van der Waals surface area contributed by atoms with E-state index in [2.05, 4.69) is 36.3 Å². The summed E-state index contributed by atoms with van der Waals surface area (Å²) in [6.45, 7) is 0. The number of hydrogen-bond donors (Lipinski definition) is 2. The predicted octanol–water partition coefficient (Wildman–Crippen LogP) is 3.62. The van der Waals surface area contributed by atoms with E-state index in [4.69, 9.17) is 0 Å². The molecule has 0 saturated carbocycles. The summed E-state index contributed by atoms with van der Waals surface area (Å²) in [5, 5.41) is 16.8. The summed E-state index contributed by atoms with van der Waals surface area (Å²) in [7, 11) is 0. The number of nitro benzene ring substituents is 1. The van der Waals surface area contributed by atoms with Gasteiger partial charge in [0.25, 0.3) is 11.5 Å². The molecule has 8 nitrogen and oxygen atoms in total. The van der Waals surface area contributed by atoms with Crippen LogP contribution >= 0.6 is 15.9 Å². The first-order valence-electron chi connectivity index (χ1n) is 6.65. The van der Waals surface area contributed by atoms with Gasteiger partial charge in [-0.1, -0.05) is 15.9 Å². The zero-order valence-electron chi connectivity index (χ0n) is 11.5. The van der Waals surface area contributed by atoms with Gasteiger partial charge >= 0.3 is 0 Å². The van der Waals surface area contributed by atoms with Crippen molar-refractivity contribution < 1.29 is 4.92 Å². The number of fused-ring (bicyclic) bond motifs is 3. The summed E-state index contributed by atoms with van der Waals surface area (Å²) in [6, 6.07) is 11.9. The molecular formula is C14H9BrN6O2. The van der Waals surface area contributed by atoms with Crippen LogP contribution in [0.25, 0.3) is 16.8 Å². The Bertz CT molecular complexity index is 1040. The van der Waals surface area contributed by atoms with Gasteiger partial charge in [0.05, 0.1) is 16.0 Å². The largest absolute Gasteiger partial charge is 0.325 e. The molecular weight excluding hydrogens is 364 g/mol. The molecule has 0 radical (unpaired) electrons. The van der Waals surface area contributed by atoms with Crippen LogP contribution in [-0.2, 0) is 0 Å². The summed E-state index contributed by atoms with van der Waals surface area (Å²) in [5.74, 6) is 1.05. The molecule has 2 heterocycles. The van der Waals surface area contributed by atoms with Crippen molar-refractivity contribution in [3.05, 3.63) is 57.1 Å². The monoisotopic (exact) mass is 372 g/mol. The van der Waals surface area contributed by atoms with Crippen LogP contribution in [0.3, 0.4) is 0 Å². The van der Waals surface area contributed by atoms with Gasteiger partial charge in [0.15, 0.2) is 0 Å². The molecule has 0 spiro atoms. The maximum absolute atomic E-state index is 10.7. The van der Waals surface area contributed by atoms with Gasteiger partial charge in [0, 0.05) is 22.3 Å².